The minimum atomic E-state index is 0.168. The smallest absolute Gasteiger partial charge is 0.161 e. The third-order valence-electron chi connectivity index (χ3n) is 8.96. The number of likely N-dealkylation sites (tertiary alicyclic amines) is 1. The van der Waals surface area contributed by atoms with Gasteiger partial charge in [0.25, 0.3) is 0 Å². The Balaban J connectivity index is 1.51. The Morgan fingerprint density at radius 2 is 1.93 bits per heavy atom. The summed E-state index contributed by atoms with van der Waals surface area (Å²) >= 11 is 0. The summed E-state index contributed by atoms with van der Waals surface area (Å²) in [7, 11) is 4.00. The minimum Gasteiger partial charge on any atom is -0.504 e. The fraction of sp³-hybridized carbons (Fsp3) is 0.760. The summed E-state index contributed by atoms with van der Waals surface area (Å²) in [6.45, 7) is 1.16. The molecule has 5 rings (SSSR count). The van der Waals surface area contributed by atoms with Crippen LogP contribution < -0.4 is 4.74 Å². The fourth-order valence-electron chi connectivity index (χ4n) is 7.69. The predicted octanol–water partition coefficient (Wildman–Crippen LogP) is 5.29. The molecule has 2 saturated carbocycles. The average Bonchev–Trinajstić information content (AvgIpc) is 2.71. The molecular formula is C25H37NO2. The molecule has 3 aliphatic carbocycles. The molecule has 28 heavy (non-hydrogen) atoms. The van der Waals surface area contributed by atoms with Gasteiger partial charge >= 0.3 is 0 Å². The van der Waals surface area contributed by atoms with E-state index in [1.807, 2.05) is 6.07 Å². The number of ether oxygens (including phenoxy) is 1. The van der Waals surface area contributed by atoms with E-state index in [9.17, 15) is 5.11 Å². The highest BCUT2D eigenvalue weighted by Crippen LogP contribution is 2.60. The molecule has 0 spiro atoms. The van der Waals surface area contributed by atoms with Crippen molar-refractivity contribution in [1.29, 1.82) is 0 Å². The van der Waals surface area contributed by atoms with Gasteiger partial charge in [0, 0.05) is 17.0 Å². The van der Waals surface area contributed by atoms with Crippen LogP contribution in [0.15, 0.2) is 12.1 Å². The Labute approximate surface area is 170 Å². The average molecular weight is 384 g/mol. The number of rotatable bonds is 3. The maximum absolute atomic E-state index is 11.2. The van der Waals surface area contributed by atoms with E-state index in [4.69, 9.17) is 4.74 Å². The first-order chi connectivity index (χ1) is 13.6. The molecule has 3 heteroatoms. The Kier molecular flexibility index (Phi) is 4.85. The van der Waals surface area contributed by atoms with E-state index in [0.29, 0.717) is 23.5 Å². The van der Waals surface area contributed by atoms with E-state index in [1.165, 1.54) is 75.3 Å². The Morgan fingerprint density at radius 3 is 2.71 bits per heavy atom. The lowest BCUT2D eigenvalue weighted by Gasteiger charge is -2.60. The van der Waals surface area contributed by atoms with Crippen LogP contribution in [0.3, 0.4) is 0 Å². The first kappa shape index (κ1) is 18.8. The number of aromatic hydroxyl groups is 1. The summed E-state index contributed by atoms with van der Waals surface area (Å²) in [5.41, 5.74) is 2.82. The zero-order valence-electron chi connectivity index (χ0n) is 17.8. The third-order valence-corrected chi connectivity index (χ3v) is 8.96. The van der Waals surface area contributed by atoms with Gasteiger partial charge < -0.3 is 14.7 Å². The van der Waals surface area contributed by atoms with Gasteiger partial charge in [0.15, 0.2) is 11.5 Å². The molecule has 3 nitrogen and oxygen atoms in total. The molecule has 1 N–H and O–H groups in total. The van der Waals surface area contributed by atoms with Crippen LogP contribution in [0.1, 0.15) is 75.3 Å². The van der Waals surface area contributed by atoms with Crippen LogP contribution in [-0.4, -0.2) is 36.8 Å². The van der Waals surface area contributed by atoms with Crippen molar-refractivity contribution in [2.24, 2.45) is 17.8 Å². The first-order valence-corrected chi connectivity index (χ1v) is 11.7. The summed E-state index contributed by atoms with van der Waals surface area (Å²) in [5, 5.41) is 11.2. The van der Waals surface area contributed by atoms with Crippen molar-refractivity contribution in [3.05, 3.63) is 23.3 Å². The lowest BCUT2D eigenvalue weighted by molar-refractivity contribution is -0.0191. The molecule has 1 heterocycles. The number of benzene rings is 1. The number of phenolic OH excluding ortho intramolecular Hbond substituents is 1. The zero-order chi connectivity index (χ0) is 19.3. The number of phenols is 1. The number of nitrogens with zero attached hydrogens (tertiary/aromatic N) is 1. The van der Waals surface area contributed by atoms with Crippen LogP contribution in [0, 0.1) is 17.8 Å². The highest BCUT2D eigenvalue weighted by molar-refractivity contribution is 5.56. The molecular weight excluding hydrogens is 346 g/mol. The van der Waals surface area contributed by atoms with Gasteiger partial charge in [-0.2, -0.15) is 0 Å². The SMILES string of the molecule is COc1ccc2c(c1O)[C@]13CCN(C)[C@H](C2)[C@@H]1CCC(CC1CCCCC1)C3. The quantitative estimate of drug-likeness (QED) is 0.770. The van der Waals surface area contributed by atoms with Gasteiger partial charge in [0.1, 0.15) is 0 Å². The number of piperidine rings is 1. The molecule has 1 saturated heterocycles. The molecule has 3 fully saturated rings. The summed E-state index contributed by atoms with van der Waals surface area (Å²) in [4.78, 5) is 2.61. The van der Waals surface area contributed by atoms with E-state index in [0.717, 1.165) is 24.8 Å². The van der Waals surface area contributed by atoms with Gasteiger partial charge in [-0.1, -0.05) is 44.6 Å². The maximum atomic E-state index is 11.2. The summed E-state index contributed by atoms with van der Waals surface area (Å²) in [6.07, 6.45) is 15.0. The van der Waals surface area contributed by atoms with Crippen LogP contribution in [-0.2, 0) is 11.8 Å². The van der Waals surface area contributed by atoms with E-state index >= 15 is 0 Å². The standard InChI is InChI=1S/C25H37NO2/c1-26-13-12-25-16-18(14-17-6-4-3-5-7-17)8-10-20(25)21(26)15-19-9-11-22(28-2)24(27)23(19)25/h9,11,17-18,20-21,27H,3-8,10,12-16H2,1-2H3/t18?,20-,21+,25-/m0/s1. The van der Waals surface area contributed by atoms with Gasteiger partial charge in [0.05, 0.1) is 7.11 Å². The molecule has 1 unspecified atom stereocenters. The molecule has 1 aromatic carbocycles. The number of methoxy groups -OCH3 is 1. The molecule has 1 aliphatic heterocycles. The molecule has 4 atom stereocenters. The van der Waals surface area contributed by atoms with E-state index < -0.39 is 0 Å². The van der Waals surface area contributed by atoms with Gasteiger partial charge in [-0.3, -0.25) is 0 Å². The fourth-order valence-corrected chi connectivity index (χ4v) is 7.69. The van der Waals surface area contributed by atoms with Crippen LogP contribution >= 0.6 is 0 Å². The first-order valence-electron chi connectivity index (χ1n) is 11.7. The summed E-state index contributed by atoms with van der Waals surface area (Å²) in [5.74, 6) is 3.60. The Morgan fingerprint density at radius 1 is 1.11 bits per heavy atom. The van der Waals surface area contributed by atoms with E-state index in [-0.39, 0.29) is 5.41 Å². The van der Waals surface area contributed by atoms with E-state index in [2.05, 4.69) is 18.0 Å². The van der Waals surface area contributed by atoms with Gasteiger partial charge in [-0.25, -0.2) is 0 Å². The molecule has 0 amide bonds. The van der Waals surface area contributed by atoms with Crippen molar-refractivity contribution in [2.75, 3.05) is 20.7 Å². The van der Waals surface area contributed by atoms with Gasteiger partial charge in [-0.15, -0.1) is 0 Å². The molecule has 0 radical (unpaired) electrons. The second kappa shape index (κ2) is 7.23. The summed E-state index contributed by atoms with van der Waals surface area (Å²) in [6, 6.07) is 4.86. The zero-order valence-corrected chi connectivity index (χ0v) is 17.8. The molecule has 4 aliphatic rings. The van der Waals surface area contributed by atoms with Crippen LogP contribution in [0.4, 0.5) is 0 Å². The van der Waals surface area contributed by atoms with E-state index in [1.54, 1.807) is 7.11 Å². The van der Waals surface area contributed by atoms with Crippen molar-refractivity contribution < 1.29 is 9.84 Å². The van der Waals surface area contributed by atoms with Crippen molar-refractivity contribution in [3.8, 4) is 11.5 Å². The molecule has 1 aromatic rings. The number of hydrogen-bond donors (Lipinski definition) is 1. The minimum absolute atomic E-state index is 0.168. The van der Waals surface area contributed by atoms with Crippen molar-refractivity contribution in [1.82, 2.24) is 4.90 Å². The summed E-state index contributed by atoms with van der Waals surface area (Å²) < 4.78 is 5.53. The number of hydrogen-bond acceptors (Lipinski definition) is 3. The van der Waals surface area contributed by atoms with Crippen molar-refractivity contribution in [2.45, 2.75) is 82.1 Å². The lowest BCUT2D eigenvalue weighted by Crippen LogP contribution is -2.60. The predicted molar refractivity (Wildman–Crippen MR) is 113 cm³/mol. The molecule has 2 bridgehead atoms. The Hall–Kier alpha value is -1.22. The highest BCUT2D eigenvalue weighted by atomic mass is 16.5. The number of likely N-dealkylation sites (N-methyl/N-ethyl adjacent to an activating group) is 1. The second-order valence-electron chi connectivity index (χ2n) is 10.3. The third kappa shape index (κ3) is 2.88. The number of fused-ring (bicyclic) bond motifs is 1. The topological polar surface area (TPSA) is 32.7 Å². The largest absolute Gasteiger partial charge is 0.504 e. The molecule has 154 valence electrons. The second-order valence-corrected chi connectivity index (χ2v) is 10.3. The van der Waals surface area contributed by atoms with Crippen molar-refractivity contribution in [3.63, 3.8) is 0 Å². The highest BCUT2D eigenvalue weighted by Gasteiger charge is 2.56. The van der Waals surface area contributed by atoms with Crippen molar-refractivity contribution >= 4 is 0 Å². The van der Waals surface area contributed by atoms with Crippen LogP contribution in [0.25, 0.3) is 0 Å². The maximum Gasteiger partial charge on any atom is 0.161 e. The molecule has 0 aromatic heterocycles. The lowest BCUT2D eigenvalue weighted by atomic mass is 9.50. The normalized spacial score (nSPS) is 35.9. The van der Waals surface area contributed by atoms with Gasteiger partial charge in [-0.05, 0) is 75.1 Å². The monoisotopic (exact) mass is 383 g/mol. The van der Waals surface area contributed by atoms with Gasteiger partial charge in [0.2, 0.25) is 0 Å². The van der Waals surface area contributed by atoms with Crippen LogP contribution in [0.5, 0.6) is 11.5 Å². The Bertz CT molecular complexity index is 726. The van der Waals surface area contributed by atoms with Crippen LogP contribution in [0.2, 0.25) is 0 Å².